The van der Waals surface area contributed by atoms with Crippen LogP contribution in [0.1, 0.15) is 101 Å². The first-order valence-corrected chi connectivity index (χ1v) is 18.4. The van der Waals surface area contributed by atoms with Gasteiger partial charge in [-0.2, -0.15) is 0 Å². The van der Waals surface area contributed by atoms with E-state index in [2.05, 4.69) is 58.0 Å². The first-order valence-electron chi connectivity index (χ1n) is 18.4. The molecule has 13 atom stereocenters. The second-order valence-electron chi connectivity index (χ2n) is 16.7. The lowest BCUT2D eigenvalue weighted by molar-refractivity contribution is -0.273. The van der Waals surface area contributed by atoms with Crippen LogP contribution in [0.3, 0.4) is 0 Å². The molecule has 2 aromatic rings. The van der Waals surface area contributed by atoms with Crippen molar-refractivity contribution in [3.05, 3.63) is 71.8 Å². The Morgan fingerprint density at radius 2 is 1.57 bits per heavy atom. The van der Waals surface area contributed by atoms with Gasteiger partial charge in [-0.3, -0.25) is 0 Å². The minimum atomic E-state index is -0.387. The molecule has 1 spiro atoms. The lowest BCUT2D eigenvalue weighted by Gasteiger charge is -2.62. The quantitative estimate of drug-likeness (QED) is 0.311. The van der Waals surface area contributed by atoms with Crippen molar-refractivity contribution in [2.75, 3.05) is 6.61 Å². The molecule has 46 heavy (non-hydrogen) atoms. The maximum absolute atomic E-state index is 13.6. The highest BCUT2D eigenvalue weighted by molar-refractivity contribution is 5.89. The van der Waals surface area contributed by atoms with E-state index in [1.165, 1.54) is 24.8 Å². The molecule has 0 bridgehead atoms. The normalized spacial score (nSPS) is 46.2. The van der Waals surface area contributed by atoms with Crippen molar-refractivity contribution in [3.63, 3.8) is 0 Å². The molecule has 5 heteroatoms. The zero-order chi connectivity index (χ0) is 31.7. The molecule has 2 heterocycles. The van der Waals surface area contributed by atoms with Crippen molar-refractivity contribution in [1.82, 2.24) is 0 Å². The third kappa shape index (κ3) is 5.01. The number of carbonyl (C=O) groups excluding carboxylic acids is 1. The molecule has 4 saturated carbocycles. The van der Waals surface area contributed by atoms with Crippen molar-refractivity contribution >= 4 is 5.97 Å². The van der Waals surface area contributed by atoms with Crippen molar-refractivity contribution < 1.29 is 23.7 Å². The second kappa shape index (κ2) is 11.7. The van der Waals surface area contributed by atoms with Crippen LogP contribution in [0.15, 0.2) is 60.7 Å². The van der Waals surface area contributed by atoms with Crippen LogP contribution in [-0.2, 0) is 25.6 Å². The van der Waals surface area contributed by atoms with Crippen molar-refractivity contribution in [3.8, 4) is 0 Å². The van der Waals surface area contributed by atoms with E-state index in [9.17, 15) is 4.79 Å². The van der Waals surface area contributed by atoms with Gasteiger partial charge < -0.3 is 18.9 Å². The Balaban J connectivity index is 1.06. The Bertz CT molecular complexity index is 1390. The molecular formula is C41H54O5. The van der Waals surface area contributed by atoms with E-state index < -0.39 is 0 Å². The van der Waals surface area contributed by atoms with Gasteiger partial charge in [-0.1, -0.05) is 76.2 Å². The van der Waals surface area contributed by atoms with Gasteiger partial charge in [0.05, 0.1) is 31.0 Å². The predicted octanol–water partition coefficient (Wildman–Crippen LogP) is 8.85. The summed E-state index contributed by atoms with van der Waals surface area (Å²) in [6.07, 6.45) is 10.4. The highest BCUT2D eigenvalue weighted by Crippen LogP contribution is 2.71. The summed E-state index contributed by atoms with van der Waals surface area (Å²) in [6.45, 7) is 11.3. The van der Waals surface area contributed by atoms with E-state index in [0.29, 0.717) is 53.6 Å². The number of ether oxygens (including phenoxy) is 4. The highest BCUT2D eigenvalue weighted by atomic mass is 16.7. The minimum Gasteiger partial charge on any atom is -0.458 e. The molecule has 0 aromatic heterocycles. The SMILES string of the molecule is C[C@@H]1CC[C@@]2(OC1)O[C@H]1C[C@H]3[C@@H]4C[C@H](OC(=O)c5ccccc5)[C@H]5C[C@@H](OCc6ccccc6)CC[C@]5(C)[C@H]4CC[C@]3(C)[C@H]1[C@@H]2C. The van der Waals surface area contributed by atoms with Crippen LogP contribution in [0.5, 0.6) is 0 Å². The van der Waals surface area contributed by atoms with Crippen molar-refractivity contribution in [1.29, 1.82) is 0 Å². The molecule has 0 unspecified atom stereocenters. The lowest BCUT2D eigenvalue weighted by atomic mass is 9.43. The molecule has 4 aliphatic carbocycles. The van der Waals surface area contributed by atoms with Crippen LogP contribution in [0, 0.1) is 52.3 Å². The molecular weight excluding hydrogens is 572 g/mol. The van der Waals surface area contributed by atoms with Gasteiger partial charge in [0.1, 0.15) is 6.10 Å². The summed E-state index contributed by atoms with van der Waals surface area (Å²) in [5, 5.41) is 0. The summed E-state index contributed by atoms with van der Waals surface area (Å²) in [4.78, 5) is 13.6. The summed E-state index contributed by atoms with van der Waals surface area (Å²) in [7, 11) is 0. The van der Waals surface area contributed by atoms with Gasteiger partial charge in [0, 0.05) is 18.3 Å². The molecule has 6 fully saturated rings. The number of carbonyl (C=O) groups is 1. The van der Waals surface area contributed by atoms with Gasteiger partial charge >= 0.3 is 5.97 Å². The van der Waals surface area contributed by atoms with Gasteiger partial charge in [-0.25, -0.2) is 4.79 Å². The molecule has 248 valence electrons. The van der Waals surface area contributed by atoms with Crippen LogP contribution in [-0.4, -0.2) is 36.7 Å². The topological polar surface area (TPSA) is 54.0 Å². The Morgan fingerprint density at radius 3 is 2.30 bits per heavy atom. The van der Waals surface area contributed by atoms with Crippen LogP contribution in [0.4, 0.5) is 0 Å². The molecule has 5 nitrogen and oxygen atoms in total. The van der Waals surface area contributed by atoms with Gasteiger partial charge in [0.25, 0.3) is 0 Å². The zero-order valence-electron chi connectivity index (χ0n) is 28.4. The Morgan fingerprint density at radius 1 is 0.826 bits per heavy atom. The fourth-order valence-corrected chi connectivity index (χ4v) is 12.1. The van der Waals surface area contributed by atoms with E-state index in [4.69, 9.17) is 18.9 Å². The maximum atomic E-state index is 13.6. The molecule has 0 amide bonds. The average Bonchev–Trinajstić information content (AvgIpc) is 3.52. The van der Waals surface area contributed by atoms with Gasteiger partial charge in [-0.15, -0.1) is 0 Å². The molecule has 6 aliphatic rings. The summed E-state index contributed by atoms with van der Waals surface area (Å²) in [5.41, 5.74) is 2.23. The average molecular weight is 627 g/mol. The minimum absolute atomic E-state index is 0.0993. The van der Waals surface area contributed by atoms with E-state index in [0.717, 1.165) is 45.1 Å². The smallest absolute Gasteiger partial charge is 0.338 e. The van der Waals surface area contributed by atoms with Crippen LogP contribution in [0.2, 0.25) is 0 Å². The third-order valence-electron chi connectivity index (χ3n) is 14.5. The van der Waals surface area contributed by atoms with Gasteiger partial charge in [-0.05, 0) is 109 Å². The van der Waals surface area contributed by atoms with Crippen LogP contribution < -0.4 is 0 Å². The Labute approximate surface area is 276 Å². The van der Waals surface area contributed by atoms with Crippen LogP contribution >= 0.6 is 0 Å². The van der Waals surface area contributed by atoms with Crippen LogP contribution in [0.25, 0.3) is 0 Å². The largest absolute Gasteiger partial charge is 0.458 e. The Kier molecular flexibility index (Phi) is 7.93. The van der Waals surface area contributed by atoms with Gasteiger partial charge in [0.15, 0.2) is 5.79 Å². The monoisotopic (exact) mass is 626 g/mol. The van der Waals surface area contributed by atoms with E-state index >= 15 is 0 Å². The predicted molar refractivity (Wildman–Crippen MR) is 178 cm³/mol. The molecule has 0 N–H and O–H groups in total. The second-order valence-corrected chi connectivity index (χ2v) is 16.7. The summed E-state index contributed by atoms with van der Waals surface area (Å²) in [5.74, 6) is 3.07. The summed E-state index contributed by atoms with van der Waals surface area (Å²) in [6, 6.07) is 20.1. The molecule has 2 saturated heterocycles. The Hall–Kier alpha value is -2.21. The molecule has 0 radical (unpaired) electrons. The van der Waals surface area contributed by atoms with E-state index in [1.54, 1.807) is 0 Å². The van der Waals surface area contributed by atoms with Gasteiger partial charge in [0.2, 0.25) is 0 Å². The third-order valence-corrected chi connectivity index (χ3v) is 14.5. The number of esters is 1. The number of benzene rings is 2. The van der Waals surface area contributed by atoms with Crippen molar-refractivity contribution in [2.24, 2.45) is 52.3 Å². The number of fused-ring (bicyclic) bond motifs is 7. The first kappa shape index (κ1) is 31.1. The molecule has 2 aromatic carbocycles. The number of hydrogen-bond acceptors (Lipinski definition) is 5. The molecule has 2 aliphatic heterocycles. The number of hydrogen-bond donors (Lipinski definition) is 0. The highest BCUT2D eigenvalue weighted by Gasteiger charge is 2.70. The zero-order valence-corrected chi connectivity index (χ0v) is 28.4. The summed E-state index contributed by atoms with van der Waals surface area (Å²) < 4.78 is 26.8. The fourth-order valence-electron chi connectivity index (χ4n) is 12.1. The van der Waals surface area contributed by atoms with Crippen molar-refractivity contribution in [2.45, 2.75) is 116 Å². The molecule has 8 rings (SSSR count). The standard InChI is InChI=1S/C41H54O5/c1-26-15-20-41(44-24-26)27(2)37-36(46-41)23-33-31-22-35(45-38(42)29-13-9-6-10-14-29)34-21-30(43-25-28-11-7-5-8-12-28)16-18-39(34,3)32(31)17-19-40(33,37)4/h5-14,26-27,30-37H,15-25H2,1-4H3/t26-,27+,30+,31-,32+,33+,34-,35+,36+,37+,39-,40+,41-/m1/s1. The van der Waals surface area contributed by atoms with E-state index in [-0.39, 0.29) is 40.9 Å². The lowest BCUT2D eigenvalue weighted by Crippen LogP contribution is -2.59. The first-order chi connectivity index (χ1) is 22.2. The van der Waals surface area contributed by atoms with E-state index in [1.807, 2.05) is 30.3 Å². The fraction of sp³-hybridized carbons (Fsp3) is 0.683. The summed E-state index contributed by atoms with van der Waals surface area (Å²) >= 11 is 0. The maximum Gasteiger partial charge on any atom is 0.338 e. The number of rotatable bonds is 5.